The maximum absolute atomic E-state index is 13.1. The Bertz CT molecular complexity index is 1040. The van der Waals surface area contributed by atoms with Crippen LogP contribution in [0.4, 0.5) is 0 Å². The minimum absolute atomic E-state index is 0.0131. The first-order chi connectivity index (χ1) is 15.1. The van der Waals surface area contributed by atoms with Crippen LogP contribution in [0.25, 0.3) is 5.82 Å². The van der Waals surface area contributed by atoms with Gasteiger partial charge in [0.2, 0.25) is 0 Å². The Morgan fingerprint density at radius 3 is 2.61 bits per heavy atom. The molecule has 3 aromatic rings. The number of morpholine rings is 1. The van der Waals surface area contributed by atoms with Crippen molar-refractivity contribution in [1.29, 1.82) is 0 Å². The highest BCUT2D eigenvalue weighted by atomic mass is 35.5. The SMILES string of the molecule is Cc1cc(C(=O)NCC(c2ccccc2Cl)N2CCOCC2)c(C)n1-c1ccccn1. The fraction of sp³-hybridized carbons (Fsp3) is 0.333. The van der Waals surface area contributed by atoms with E-state index in [0.717, 1.165) is 35.9 Å². The van der Waals surface area contributed by atoms with Crippen LogP contribution in [-0.4, -0.2) is 53.2 Å². The predicted octanol–water partition coefficient (Wildman–Crippen LogP) is 3.95. The number of carbonyl (C=O) groups excluding carboxylic acids is 1. The molecule has 1 aromatic carbocycles. The number of nitrogens with one attached hydrogen (secondary N) is 1. The van der Waals surface area contributed by atoms with Crippen LogP contribution >= 0.6 is 11.6 Å². The topological polar surface area (TPSA) is 59.4 Å². The van der Waals surface area contributed by atoms with Gasteiger partial charge in [-0.1, -0.05) is 35.9 Å². The molecule has 1 unspecified atom stereocenters. The number of carbonyl (C=O) groups is 1. The summed E-state index contributed by atoms with van der Waals surface area (Å²) in [6.07, 6.45) is 1.75. The molecule has 1 atom stereocenters. The van der Waals surface area contributed by atoms with E-state index < -0.39 is 0 Å². The first-order valence-electron chi connectivity index (χ1n) is 10.5. The van der Waals surface area contributed by atoms with Crippen LogP contribution in [0.2, 0.25) is 5.02 Å². The van der Waals surface area contributed by atoms with Crippen molar-refractivity contribution < 1.29 is 9.53 Å². The Morgan fingerprint density at radius 2 is 1.90 bits per heavy atom. The van der Waals surface area contributed by atoms with Crippen LogP contribution in [0.5, 0.6) is 0 Å². The molecular formula is C24H27ClN4O2. The lowest BCUT2D eigenvalue weighted by atomic mass is 10.0. The van der Waals surface area contributed by atoms with E-state index in [1.165, 1.54) is 0 Å². The zero-order valence-electron chi connectivity index (χ0n) is 17.8. The van der Waals surface area contributed by atoms with Crippen LogP contribution in [0.1, 0.15) is 33.4 Å². The van der Waals surface area contributed by atoms with Crippen molar-refractivity contribution in [2.45, 2.75) is 19.9 Å². The fourth-order valence-electron chi connectivity index (χ4n) is 4.19. The van der Waals surface area contributed by atoms with E-state index in [1.54, 1.807) is 6.20 Å². The maximum Gasteiger partial charge on any atom is 0.253 e. The molecule has 6 nitrogen and oxygen atoms in total. The van der Waals surface area contributed by atoms with Gasteiger partial charge in [0.25, 0.3) is 5.91 Å². The van der Waals surface area contributed by atoms with Crippen LogP contribution in [-0.2, 0) is 4.74 Å². The molecule has 1 saturated heterocycles. The highest BCUT2D eigenvalue weighted by Crippen LogP contribution is 2.28. The zero-order chi connectivity index (χ0) is 21.8. The van der Waals surface area contributed by atoms with Crippen LogP contribution in [0.15, 0.2) is 54.7 Å². The summed E-state index contributed by atoms with van der Waals surface area (Å²) >= 11 is 6.51. The third kappa shape index (κ3) is 4.66. The number of pyridine rings is 1. The summed E-state index contributed by atoms with van der Waals surface area (Å²) in [6.45, 7) is 7.37. The second kappa shape index (κ2) is 9.64. The molecule has 1 amide bonds. The number of halogens is 1. The summed E-state index contributed by atoms with van der Waals surface area (Å²) in [7, 11) is 0. The van der Waals surface area contributed by atoms with Gasteiger partial charge in [-0.2, -0.15) is 0 Å². The molecule has 4 rings (SSSR count). The van der Waals surface area contributed by atoms with Gasteiger partial charge in [-0.15, -0.1) is 0 Å². The minimum Gasteiger partial charge on any atom is -0.379 e. The molecule has 0 spiro atoms. The molecule has 0 aliphatic carbocycles. The Hall–Kier alpha value is -2.67. The van der Waals surface area contributed by atoms with Crippen LogP contribution in [0, 0.1) is 13.8 Å². The normalized spacial score (nSPS) is 15.6. The summed E-state index contributed by atoms with van der Waals surface area (Å²) in [4.78, 5) is 19.9. The van der Waals surface area contributed by atoms with Crippen molar-refractivity contribution in [3.63, 3.8) is 0 Å². The van der Waals surface area contributed by atoms with Crippen molar-refractivity contribution in [3.8, 4) is 5.82 Å². The smallest absolute Gasteiger partial charge is 0.253 e. The molecule has 3 heterocycles. The third-order valence-corrected chi connectivity index (χ3v) is 6.10. The van der Waals surface area contributed by atoms with E-state index >= 15 is 0 Å². The second-order valence-corrected chi connectivity index (χ2v) is 8.11. The summed E-state index contributed by atoms with van der Waals surface area (Å²) in [5, 5.41) is 3.85. The van der Waals surface area contributed by atoms with E-state index in [1.807, 2.05) is 66.9 Å². The summed E-state index contributed by atoms with van der Waals surface area (Å²) in [6, 6.07) is 15.5. The Labute approximate surface area is 187 Å². The molecule has 0 saturated carbocycles. The molecule has 0 bridgehead atoms. The van der Waals surface area contributed by atoms with Gasteiger partial charge >= 0.3 is 0 Å². The van der Waals surface area contributed by atoms with Crippen LogP contribution < -0.4 is 5.32 Å². The number of nitrogens with zero attached hydrogens (tertiary/aromatic N) is 3. The lowest BCUT2D eigenvalue weighted by molar-refractivity contribution is 0.0162. The molecule has 1 aliphatic rings. The molecule has 31 heavy (non-hydrogen) atoms. The molecular weight excluding hydrogens is 412 g/mol. The fourth-order valence-corrected chi connectivity index (χ4v) is 4.45. The largest absolute Gasteiger partial charge is 0.379 e. The number of ether oxygens (including phenoxy) is 1. The average molecular weight is 439 g/mol. The molecule has 7 heteroatoms. The molecule has 162 valence electrons. The molecule has 1 aliphatic heterocycles. The van der Waals surface area contributed by atoms with Gasteiger partial charge < -0.3 is 14.6 Å². The Morgan fingerprint density at radius 1 is 1.16 bits per heavy atom. The molecule has 1 fully saturated rings. The van der Waals surface area contributed by atoms with Gasteiger partial charge in [-0.25, -0.2) is 4.98 Å². The highest BCUT2D eigenvalue weighted by molar-refractivity contribution is 6.31. The summed E-state index contributed by atoms with van der Waals surface area (Å²) in [5.74, 6) is 0.708. The molecule has 1 N–H and O–H groups in total. The molecule has 2 aromatic heterocycles. The summed E-state index contributed by atoms with van der Waals surface area (Å²) in [5.41, 5.74) is 3.51. The van der Waals surface area contributed by atoms with Gasteiger partial charge in [-0.3, -0.25) is 9.69 Å². The van der Waals surface area contributed by atoms with E-state index in [0.29, 0.717) is 30.3 Å². The lowest BCUT2D eigenvalue weighted by Crippen LogP contribution is -2.44. The molecule has 0 radical (unpaired) electrons. The Balaban J connectivity index is 1.55. The first kappa shape index (κ1) is 21.6. The van der Waals surface area contributed by atoms with Crippen molar-refractivity contribution in [2.75, 3.05) is 32.8 Å². The second-order valence-electron chi connectivity index (χ2n) is 7.70. The van der Waals surface area contributed by atoms with Gasteiger partial charge in [-0.05, 0) is 43.7 Å². The lowest BCUT2D eigenvalue weighted by Gasteiger charge is -2.35. The van der Waals surface area contributed by atoms with Crippen molar-refractivity contribution in [2.24, 2.45) is 0 Å². The van der Waals surface area contributed by atoms with E-state index in [2.05, 4.69) is 15.2 Å². The predicted molar refractivity (Wildman–Crippen MR) is 122 cm³/mol. The quantitative estimate of drug-likeness (QED) is 0.633. The summed E-state index contributed by atoms with van der Waals surface area (Å²) < 4.78 is 7.52. The monoisotopic (exact) mass is 438 g/mol. The maximum atomic E-state index is 13.1. The van der Waals surface area contributed by atoms with E-state index in [9.17, 15) is 4.79 Å². The average Bonchev–Trinajstić information content (AvgIpc) is 3.10. The zero-order valence-corrected chi connectivity index (χ0v) is 18.6. The number of rotatable bonds is 6. The highest BCUT2D eigenvalue weighted by Gasteiger charge is 2.26. The van der Waals surface area contributed by atoms with Crippen molar-refractivity contribution in [3.05, 3.63) is 82.3 Å². The van der Waals surface area contributed by atoms with Crippen molar-refractivity contribution >= 4 is 17.5 Å². The van der Waals surface area contributed by atoms with E-state index in [-0.39, 0.29) is 11.9 Å². The number of benzene rings is 1. The Kier molecular flexibility index (Phi) is 6.70. The third-order valence-electron chi connectivity index (χ3n) is 5.76. The van der Waals surface area contributed by atoms with Gasteiger partial charge in [0.1, 0.15) is 5.82 Å². The standard InChI is InChI=1S/C24H27ClN4O2/c1-17-15-20(18(2)29(17)23-9-5-6-10-26-23)24(30)27-16-22(28-11-13-31-14-12-28)19-7-3-4-8-21(19)25/h3-10,15,22H,11-14,16H2,1-2H3,(H,27,30). The number of aryl methyl sites for hydroxylation is 1. The number of aromatic nitrogens is 2. The van der Waals surface area contributed by atoms with Crippen LogP contribution in [0.3, 0.4) is 0 Å². The van der Waals surface area contributed by atoms with E-state index in [4.69, 9.17) is 16.3 Å². The number of amides is 1. The van der Waals surface area contributed by atoms with Gasteiger partial charge in [0.15, 0.2) is 0 Å². The number of hydrogen-bond acceptors (Lipinski definition) is 4. The first-order valence-corrected chi connectivity index (χ1v) is 10.9. The van der Waals surface area contributed by atoms with Gasteiger partial charge in [0, 0.05) is 42.2 Å². The van der Waals surface area contributed by atoms with Crippen molar-refractivity contribution in [1.82, 2.24) is 19.8 Å². The number of hydrogen-bond donors (Lipinski definition) is 1. The van der Waals surface area contributed by atoms with Gasteiger partial charge in [0.05, 0.1) is 24.8 Å². The minimum atomic E-state index is -0.0967.